The highest BCUT2D eigenvalue weighted by atomic mass is 32.7. The molecule has 5 heteroatoms. The standard InChI is InChI=1S/C14H15O3PS/c1-2-16-18(15,17-13-9-5-3-6-10-13)19-14-11-7-4-8-12-14/h3-12H,2H2,1H3. The second kappa shape index (κ2) is 6.80. The molecule has 2 rings (SSSR count). The molecular weight excluding hydrogens is 279 g/mol. The zero-order valence-electron chi connectivity index (χ0n) is 10.6. The van der Waals surface area contributed by atoms with Gasteiger partial charge in [-0.3, -0.25) is 4.52 Å². The number of benzene rings is 2. The molecule has 0 spiro atoms. The topological polar surface area (TPSA) is 35.5 Å². The molecule has 3 nitrogen and oxygen atoms in total. The van der Waals surface area contributed by atoms with Crippen molar-refractivity contribution < 1.29 is 13.6 Å². The van der Waals surface area contributed by atoms with Gasteiger partial charge in [-0.2, -0.15) is 0 Å². The highest BCUT2D eigenvalue weighted by molar-refractivity contribution is 8.55. The summed E-state index contributed by atoms with van der Waals surface area (Å²) in [6, 6.07) is 18.5. The van der Waals surface area contributed by atoms with Crippen molar-refractivity contribution in [2.24, 2.45) is 0 Å². The van der Waals surface area contributed by atoms with E-state index < -0.39 is 6.80 Å². The minimum absolute atomic E-state index is 0.337. The van der Waals surface area contributed by atoms with Gasteiger partial charge in [-0.05, 0) is 31.2 Å². The van der Waals surface area contributed by atoms with Crippen LogP contribution < -0.4 is 4.52 Å². The third kappa shape index (κ3) is 4.43. The maximum absolute atomic E-state index is 12.7. The summed E-state index contributed by atoms with van der Waals surface area (Å²) in [5.74, 6) is 0.544. The van der Waals surface area contributed by atoms with Gasteiger partial charge in [0.25, 0.3) is 0 Å². The average molecular weight is 294 g/mol. The van der Waals surface area contributed by atoms with Crippen LogP contribution in [0.15, 0.2) is 65.6 Å². The van der Waals surface area contributed by atoms with E-state index in [0.29, 0.717) is 12.4 Å². The summed E-state index contributed by atoms with van der Waals surface area (Å²) >= 11 is 1.12. The zero-order valence-corrected chi connectivity index (χ0v) is 12.3. The quantitative estimate of drug-likeness (QED) is 0.702. The smallest absolute Gasteiger partial charge is 0.417 e. The largest absolute Gasteiger partial charge is 0.444 e. The first kappa shape index (κ1) is 14.2. The van der Waals surface area contributed by atoms with Crippen LogP contribution in [0.4, 0.5) is 0 Å². The van der Waals surface area contributed by atoms with Gasteiger partial charge in [-0.15, -0.1) is 0 Å². The predicted octanol–water partition coefficient (Wildman–Crippen LogP) is 5.00. The lowest BCUT2D eigenvalue weighted by Crippen LogP contribution is -1.95. The molecule has 0 radical (unpaired) electrons. The first-order valence-electron chi connectivity index (χ1n) is 5.96. The number of rotatable bonds is 6. The van der Waals surface area contributed by atoms with E-state index in [1.807, 2.05) is 48.5 Å². The van der Waals surface area contributed by atoms with Crippen molar-refractivity contribution in [2.75, 3.05) is 6.61 Å². The van der Waals surface area contributed by atoms with Gasteiger partial charge in [0.15, 0.2) is 0 Å². The van der Waals surface area contributed by atoms with Crippen LogP contribution in [0.3, 0.4) is 0 Å². The van der Waals surface area contributed by atoms with Gasteiger partial charge in [0.05, 0.1) is 6.61 Å². The molecule has 100 valence electrons. The predicted molar refractivity (Wildman–Crippen MR) is 78.6 cm³/mol. The van der Waals surface area contributed by atoms with Crippen LogP contribution in [0, 0.1) is 0 Å². The Kier molecular flexibility index (Phi) is 5.08. The molecule has 1 atom stereocenters. The second-order valence-corrected chi connectivity index (χ2v) is 7.55. The summed E-state index contributed by atoms with van der Waals surface area (Å²) in [4.78, 5) is 0.857. The van der Waals surface area contributed by atoms with E-state index in [0.717, 1.165) is 16.3 Å². The van der Waals surface area contributed by atoms with Crippen LogP contribution in [0.25, 0.3) is 0 Å². The Balaban J connectivity index is 2.16. The van der Waals surface area contributed by atoms with Gasteiger partial charge in [0, 0.05) is 16.3 Å². The molecule has 0 N–H and O–H groups in total. The fraction of sp³-hybridized carbons (Fsp3) is 0.143. The van der Waals surface area contributed by atoms with E-state index in [2.05, 4.69) is 0 Å². The molecule has 0 aliphatic heterocycles. The second-order valence-electron chi connectivity index (χ2n) is 3.67. The molecule has 2 aromatic carbocycles. The van der Waals surface area contributed by atoms with Gasteiger partial charge >= 0.3 is 6.80 Å². The highest BCUT2D eigenvalue weighted by Gasteiger charge is 2.27. The van der Waals surface area contributed by atoms with Gasteiger partial charge < -0.3 is 4.52 Å². The summed E-state index contributed by atoms with van der Waals surface area (Å²) in [6.45, 7) is -1.11. The van der Waals surface area contributed by atoms with E-state index >= 15 is 0 Å². The SMILES string of the molecule is CCOP(=O)(Oc1ccccc1)Sc1ccccc1. The lowest BCUT2D eigenvalue weighted by atomic mass is 10.3. The van der Waals surface area contributed by atoms with Gasteiger partial charge in [0.2, 0.25) is 0 Å². The number of para-hydroxylation sites is 1. The van der Waals surface area contributed by atoms with Crippen molar-refractivity contribution in [3.63, 3.8) is 0 Å². The van der Waals surface area contributed by atoms with Crippen LogP contribution in [0.1, 0.15) is 6.92 Å². The minimum atomic E-state index is -3.25. The summed E-state index contributed by atoms with van der Waals surface area (Å²) in [5.41, 5.74) is 0. The molecule has 1 unspecified atom stereocenters. The van der Waals surface area contributed by atoms with E-state index in [1.54, 1.807) is 19.1 Å². The molecule has 0 bridgehead atoms. The fourth-order valence-corrected chi connectivity index (χ4v) is 4.81. The molecule has 0 aliphatic rings. The molecule has 0 heterocycles. The summed E-state index contributed by atoms with van der Waals surface area (Å²) in [6.07, 6.45) is 0. The Morgan fingerprint density at radius 2 is 1.58 bits per heavy atom. The minimum Gasteiger partial charge on any atom is -0.417 e. The van der Waals surface area contributed by atoms with Crippen molar-refractivity contribution in [3.05, 3.63) is 60.7 Å². The molecular formula is C14H15O3PS. The molecule has 0 fully saturated rings. The van der Waals surface area contributed by atoms with Gasteiger partial charge in [0.1, 0.15) is 5.75 Å². The van der Waals surface area contributed by atoms with Crippen LogP contribution in [-0.4, -0.2) is 6.61 Å². The fourth-order valence-electron chi connectivity index (χ4n) is 1.45. The maximum atomic E-state index is 12.7. The van der Waals surface area contributed by atoms with Crippen molar-refractivity contribution in [2.45, 2.75) is 11.8 Å². The van der Waals surface area contributed by atoms with Crippen molar-refractivity contribution >= 4 is 18.2 Å². The molecule has 0 aromatic heterocycles. The molecule has 0 saturated heterocycles. The van der Waals surface area contributed by atoms with Crippen molar-refractivity contribution in [1.82, 2.24) is 0 Å². The first-order valence-corrected chi connectivity index (χ1v) is 8.92. The average Bonchev–Trinajstić information content (AvgIpc) is 2.41. The molecule has 0 saturated carbocycles. The lowest BCUT2D eigenvalue weighted by Gasteiger charge is -2.17. The van der Waals surface area contributed by atoms with Gasteiger partial charge in [-0.1, -0.05) is 36.4 Å². The summed E-state index contributed by atoms with van der Waals surface area (Å²) < 4.78 is 23.5. The van der Waals surface area contributed by atoms with Crippen LogP contribution >= 0.6 is 18.2 Å². The van der Waals surface area contributed by atoms with Crippen molar-refractivity contribution in [3.8, 4) is 5.75 Å². The Labute approximate surface area is 117 Å². The molecule has 0 amide bonds. The van der Waals surface area contributed by atoms with Crippen LogP contribution in [0.5, 0.6) is 5.75 Å². The summed E-state index contributed by atoms with van der Waals surface area (Å²) in [5, 5.41) is 0. The third-order valence-corrected chi connectivity index (χ3v) is 5.77. The number of hydrogen-bond donors (Lipinski definition) is 0. The van der Waals surface area contributed by atoms with E-state index in [9.17, 15) is 4.57 Å². The Hall–Kier alpha value is -1.22. The van der Waals surface area contributed by atoms with E-state index in [4.69, 9.17) is 9.05 Å². The maximum Gasteiger partial charge on any atom is 0.444 e. The van der Waals surface area contributed by atoms with Crippen molar-refractivity contribution in [1.29, 1.82) is 0 Å². The lowest BCUT2D eigenvalue weighted by molar-refractivity contribution is 0.296. The first-order chi connectivity index (χ1) is 9.22. The van der Waals surface area contributed by atoms with E-state index in [1.165, 1.54) is 0 Å². The third-order valence-electron chi connectivity index (χ3n) is 2.21. The Bertz CT molecular complexity index is 500. The van der Waals surface area contributed by atoms with Gasteiger partial charge in [-0.25, -0.2) is 4.57 Å². The molecule has 0 aliphatic carbocycles. The van der Waals surface area contributed by atoms with Crippen LogP contribution in [0.2, 0.25) is 0 Å². The monoisotopic (exact) mass is 294 g/mol. The normalized spacial score (nSPS) is 13.7. The molecule has 2 aromatic rings. The Morgan fingerprint density at radius 1 is 1.00 bits per heavy atom. The summed E-state index contributed by atoms with van der Waals surface area (Å²) in [7, 11) is 0. The van der Waals surface area contributed by atoms with Crippen LogP contribution in [-0.2, 0) is 9.09 Å². The Morgan fingerprint density at radius 3 is 2.16 bits per heavy atom. The van der Waals surface area contributed by atoms with E-state index in [-0.39, 0.29) is 0 Å². The highest BCUT2D eigenvalue weighted by Crippen LogP contribution is 2.62. The zero-order chi connectivity index (χ0) is 13.6. The molecule has 19 heavy (non-hydrogen) atoms. The number of hydrogen-bond acceptors (Lipinski definition) is 4.